The number of carbonyl (C=O) groups is 1. The number of ether oxygens (including phenoxy) is 1. The molecule has 1 aromatic rings. The molecule has 1 saturated carbocycles. The van der Waals surface area contributed by atoms with E-state index in [0.29, 0.717) is 18.3 Å². The van der Waals surface area contributed by atoms with Gasteiger partial charge in [-0.3, -0.25) is 9.79 Å². The normalized spacial score (nSPS) is 32.9. The van der Waals surface area contributed by atoms with Crippen molar-refractivity contribution >= 4 is 28.5 Å². The lowest BCUT2D eigenvalue weighted by molar-refractivity contribution is -0.124. The Kier molecular flexibility index (Phi) is 5.95. The van der Waals surface area contributed by atoms with Gasteiger partial charge in [0.05, 0.1) is 31.2 Å². The summed E-state index contributed by atoms with van der Waals surface area (Å²) >= 11 is 1.45. The second kappa shape index (κ2) is 8.18. The smallest absolute Gasteiger partial charge is 0.228 e. The molecule has 136 valence electrons. The van der Waals surface area contributed by atoms with Crippen molar-refractivity contribution < 1.29 is 19.7 Å². The molecule has 1 aliphatic carbocycles. The Hall–Kier alpha value is -1.61. The van der Waals surface area contributed by atoms with Crippen LogP contribution in [0.1, 0.15) is 6.42 Å². The summed E-state index contributed by atoms with van der Waals surface area (Å²) in [7, 11) is 1.61. The number of fused-ring (bicyclic) bond motifs is 1. The van der Waals surface area contributed by atoms with Crippen LogP contribution in [0.3, 0.4) is 0 Å². The van der Waals surface area contributed by atoms with Crippen molar-refractivity contribution in [2.24, 2.45) is 10.9 Å². The Morgan fingerprint density at radius 1 is 1.40 bits per heavy atom. The number of para-hydroxylation sites is 1. The number of hydrogen-bond acceptors (Lipinski definition) is 6. The van der Waals surface area contributed by atoms with Gasteiger partial charge in [0.1, 0.15) is 6.10 Å². The second-order valence-corrected chi connectivity index (χ2v) is 7.35. The van der Waals surface area contributed by atoms with Crippen LogP contribution in [0.25, 0.3) is 0 Å². The van der Waals surface area contributed by atoms with Crippen LogP contribution in [0.5, 0.6) is 0 Å². The van der Waals surface area contributed by atoms with Crippen LogP contribution in [0.4, 0.5) is 5.69 Å². The molecule has 1 saturated heterocycles. The molecule has 1 amide bonds. The van der Waals surface area contributed by atoms with Gasteiger partial charge in [0.2, 0.25) is 5.91 Å². The maximum absolute atomic E-state index is 12.7. The third-order valence-electron chi connectivity index (χ3n) is 4.47. The molecule has 8 heteroatoms. The predicted molar refractivity (Wildman–Crippen MR) is 97.7 cm³/mol. The number of carbonyl (C=O) groups excluding carboxylic acids is 1. The van der Waals surface area contributed by atoms with Crippen molar-refractivity contribution in [1.29, 1.82) is 0 Å². The molecule has 0 aromatic heterocycles. The van der Waals surface area contributed by atoms with Gasteiger partial charge in [-0.2, -0.15) is 0 Å². The maximum Gasteiger partial charge on any atom is 0.228 e. The molecule has 0 bridgehead atoms. The number of nitrogens with one attached hydrogen (secondary N) is 2. The van der Waals surface area contributed by atoms with Gasteiger partial charge in [0, 0.05) is 18.0 Å². The molecule has 1 heterocycles. The lowest BCUT2D eigenvalue weighted by Crippen LogP contribution is -2.57. The first-order valence-corrected chi connectivity index (χ1v) is 9.16. The van der Waals surface area contributed by atoms with Crippen molar-refractivity contribution in [2.75, 3.05) is 25.6 Å². The van der Waals surface area contributed by atoms with Crippen LogP contribution >= 0.6 is 11.8 Å². The zero-order valence-corrected chi connectivity index (χ0v) is 14.8. The van der Waals surface area contributed by atoms with E-state index in [1.807, 2.05) is 30.3 Å². The Balaban J connectivity index is 1.73. The fraction of sp³-hybridized carbons (Fsp3) is 0.529. The number of hydrogen-bond donors (Lipinski definition) is 4. The number of amides is 1. The predicted octanol–water partition coefficient (Wildman–Crippen LogP) is 0.443. The van der Waals surface area contributed by atoms with Crippen molar-refractivity contribution in [3.63, 3.8) is 0 Å². The average Bonchev–Trinajstić information content (AvgIpc) is 3.03. The highest BCUT2D eigenvalue weighted by Gasteiger charge is 2.50. The molecule has 7 nitrogen and oxygen atoms in total. The van der Waals surface area contributed by atoms with Crippen LogP contribution < -0.4 is 10.6 Å². The van der Waals surface area contributed by atoms with E-state index in [-0.39, 0.29) is 17.6 Å². The van der Waals surface area contributed by atoms with Crippen LogP contribution in [-0.4, -0.2) is 65.0 Å². The average molecular weight is 365 g/mol. The molecule has 4 N–H and O–H groups in total. The highest BCUT2D eigenvalue weighted by Crippen LogP contribution is 2.39. The van der Waals surface area contributed by atoms with Crippen LogP contribution in [0, 0.1) is 5.92 Å². The van der Waals surface area contributed by atoms with Gasteiger partial charge in [0.25, 0.3) is 0 Å². The van der Waals surface area contributed by atoms with E-state index in [4.69, 9.17) is 4.74 Å². The van der Waals surface area contributed by atoms with Crippen molar-refractivity contribution in [2.45, 2.75) is 29.9 Å². The summed E-state index contributed by atoms with van der Waals surface area (Å²) in [5, 5.41) is 27.0. The molecule has 3 rings (SSSR count). The largest absolute Gasteiger partial charge is 0.390 e. The van der Waals surface area contributed by atoms with Gasteiger partial charge in [-0.05, 0) is 18.6 Å². The molecule has 2 fully saturated rings. The van der Waals surface area contributed by atoms with Crippen molar-refractivity contribution in [1.82, 2.24) is 5.32 Å². The molecule has 25 heavy (non-hydrogen) atoms. The third kappa shape index (κ3) is 4.14. The molecule has 0 spiro atoms. The number of rotatable bonds is 5. The van der Waals surface area contributed by atoms with Crippen molar-refractivity contribution in [3.05, 3.63) is 30.3 Å². The fourth-order valence-electron chi connectivity index (χ4n) is 3.18. The van der Waals surface area contributed by atoms with E-state index < -0.39 is 24.2 Å². The number of aliphatic hydroxyl groups excluding tert-OH is 2. The summed E-state index contributed by atoms with van der Waals surface area (Å²) in [4.78, 5) is 17.1. The maximum atomic E-state index is 12.7. The summed E-state index contributed by atoms with van der Waals surface area (Å²) in [6.45, 7) is 1.01. The number of thioether (sulfide) groups is 1. The molecule has 0 radical (unpaired) electrons. The molecular weight excluding hydrogens is 342 g/mol. The van der Waals surface area contributed by atoms with E-state index in [1.54, 1.807) is 7.11 Å². The van der Waals surface area contributed by atoms with Crippen LogP contribution in [-0.2, 0) is 9.53 Å². The van der Waals surface area contributed by atoms with Gasteiger partial charge in [-0.1, -0.05) is 30.0 Å². The molecule has 1 aromatic carbocycles. The number of benzene rings is 1. The lowest BCUT2D eigenvalue weighted by Gasteiger charge is -2.37. The van der Waals surface area contributed by atoms with Gasteiger partial charge >= 0.3 is 0 Å². The van der Waals surface area contributed by atoms with E-state index in [0.717, 1.165) is 5.69 Å². The minimum atomic E-state index is -0.945. The van der Waals surface area contributed by atoms with E-state index in [1.165, 1.54) is 11.8 Å². The summed E-state index contributed by atoms with van der Waals surface area (Å²) in [6, 6.07) is 8.82. The summed E-state index contributed by atoms with van der Waals surface area (Å²) in [5.41, 5.74) is 0.717. The Morgan fingerprint density at radius 2 is 2.16 bits per heavy atom. The standard InChI is InChI=1S/C17H23N3O4S/c1-24-8-7-18-17-20-13-14(22)12(21)9-11(15(13)25-17)16(23)19-10-5-3-2-4-6-10/h2-6,11-15,21-22H,7-9H2,1H3,(H,18,20)(H,19,23)/t11-,12+,13+,14-,15+/m0/s1. The lowest BCUT2D eigenvalue weighted by atomic mass is 9.81. The van der Waals surface area contributed by atoms with Gasteiger partial charge in [-0.15, -0.1) is 0 Å². The highest BCUT2D eigenvalue weighted by atomic mass is 32.2. The first-order valence-electron chi connectivity index (χ1n) is 8.28. The highest BCUT2D eigenvalue weighted by molar-refractivity contribution is 8.14. The van der Waals surface area contributed by atoms with Crippen molar-refractivity contribution in [3.8, 4) is 0 Å². The van der Waals surface area contributed by atoms with E-state index in [9.17, 15) is 15.0 Å². The minimum absolute atomic E-state index is 0.153. The van der Waals surface area contributed by atoms with E-state index >= 15 is 0 Å². The van der Waals surface area contributed by atoms with Gasteiger partial charge in [-0.25, -0.2) is 0 Å². The minimum Gasteiger partial charge on any atom is -0.390 e. The fourth-order valence-corrected chi connectivity index (χ4v) is 4.58. The first-order chi connectivity index (χ1) is 12.1. The molecular formula is C17H23N3O4S. The van der Waals surface area contributed by atoms with E-state index in [2.05, 4.69) is 15.6 Å². The Labute approximate surface area is 150 Å². The molecule has 5 atom stereocenters. The molecule has 1 aliphatic heterocycles. The number of methoxy groups -OCH3 is 1. The summed E-state index contributed by atoms with van der Waals surface area (Å²) in [6.07, 6.45) is -1.64. The first kappa shape index (κ1) is 18.2. The Morgan fingerprint density at radius 3 is 2.88 bits per heavy atom. The summed E-state index contributed by atoms with van der Waals surface area (Å²) in [5.74, 6) is -0.573. The molecule has 2 aliphatic rings. The monoisotopic (exact) mass is 365 g/mol. The van der Waals surface area contributed by atoms with Gasteiger partial charge < -0.3 is 25.6 Å². The second-order valence-electron chi connectivity index (χ2n) is 6.19. The van der Waals surface area contributed by atoms with Crippen LogP contribution in [0.15, 0.2) is 35.3 Å². The van der Waals surface area contributed by atoms with Crippen LogP contribution in [0.2, 0.25) is 0 Å². The quantitative estimate of drug-likeness (QED) is 0.565. The zero-order valence-electron chi connectivity index (χ0n) is 14.0. The topological polar surface area (TPSA) is 103 Å². The molecule has 0 unspecified atom stereocenters. The number of aliphatic imine (C=N–C) groups is 1. The zero-order chi connectivity index (χ0) is 17.8. The number of nitrogens with zero attached hydrogens (tertiary/aromatic N) is 1. The Bertz CT molecular complexity index is 628. The SMILES string of the molecule is COCCN=C1N[C@@H]2[C@@H](O)[C@H](O)C[C@H](C(=O)Nc3ccccc3)[C@H]2S1. The number of anilines is 1. The number of amidine groups is 1. The summed E-state index contributed by atoms with van der Waals surface area (Å²) < 4.78 is 4.99. The number of aliphatic hydroxyl groups is 2. The van der Waals surface area contributed by atoms with Gasteiger partial charge in [0.15, 0.2) is 5.17 Å². The third-order valence-corrected chi connectivity index (χ3v) is 5.84.